The van der Waals surface area contributed by atoms with Crippen LogP contribution in [0, 0.1) is 0 Å². The van der Waals surface area contributed by atoms with Crippen molar-refractivity contribution in [1.29, 1.82) is 0 Å². The molecule has 1 atom stereocenters. The van der Waals surface area contributed by atoms with Gasteiger partial charge in [-0.15, -0.1) is 0 Å². The van der Waals surface area contributed by atoms with Crippen LogP contribution in [0.4, 0.5) is 0 Å². The molecule has 0 amide bonds. The van der Waals surface area contributed by atoms with Crippen molar-refractivity contribution in [3.8, 4) is 0 Å². The van der Waals surface area contributed by atoms with Crippen molar-refractivity contribution in [2.24, 2.45) is 0 Å². The summed E-state index contributed by atoms with van der Waals surface area (Å²) in [4.78, 5) is 12.6. The molecule has 0 aromatic heterocycles. The van der Waals surface area contributed by atoms with Gasteiger partial charge in [-0.2, -0.15) is 0 Å². The van der Waals surface area contributed by atoms with Gasteiger partial charge in [0.05, 0.1) is 0 Å². The predicted octanol–water partition coefficient (Wildman–Crippen LogP) is -1.44. The molecule has 0 radical (unpaired) electrons. The molecule has 0 bridgehead atoms. The summed E-state index contributed by atoms with van der Waals surface area (Å²) in [7, 11) is 0. The Kier molecular flexibility index (Phi) is 14.4. The molecule has 0 heterocycles. The normalized spacial score (nSPS) is 10.1. The Labute approximate surface area is 67.4 Å². The first-order valence-corrected chi connectivity index (χ1v) is 1.70. The number of carbonyl (C=O) groups excluding carboxylic acids is 1. The van der Waals surface area contributed by atoms with Gasteiger partial charge in [-0.25, -0.2) is 4.79 Å². The molecule has 0 spiro atoms. The number of rotatable bonds is 1. The minimum absolute atomic E-state index is 0. The van der Waals surface area contributed by atoms with E-state index in [1.165, 1.54) is 0 Å². The van der Waals surface area contributed by atoms with Crippen molar-refractivity contribution in [1.82, 2.24) is 6.15 Å². The third kappa shape index (κ3) is 8.06. The summed E-state index contributed by atoms with van der Waals surface area (Å²) in [6.45, 7) is 1.15. The monoisotopic (exact) mass is 171 g/mol. The molecular weight excluding hydrogens is 162 g/mol. The number of hydrogen-bond donors (Lipinski definition) is 2. The molecule has 0 aliphatic rings. The summed E-state index contributed by atoms with van der Waals surface area (Å²) in [5.74, 6) is -1.15. The van der Waals surface area contributed by atoms with E-state index in [-0.39, 0.29) is 27.9 Å². The summed E-state index contributed by atoms with van der Waals surface area (Å²) in [5.41, 5.74) is 0. The Morgan fingerprint density at radius 1 is 1.78 bits per heavy atom. The smallest absolute Gasteiger partial charge is 0.328 e. The van der Waals surface area contributed by atoms with Crippen LogP contribution < -0.4 is 11.4 Å². The Hall–Kier alpha value is 0.0643. The van der Waals surface area contributed by atoms with Crippen LogP contribution in [0.2, 0.25) is 0 Å². The average molecular weight is 171 g/mol. The number of quaternary nitrogens is 1. The van der Waals surface area contributed by atoms with E-state index in [4.69, 9.17) is 10.4 Å². The van der Waals surface area contributed by atoms with Crippen LogP contribution in [0.5, 0.6) is 0 Å². The van der Waals surface area contributed by atoms with E-state index < -0.39 is 12.1 Å². The van der Waals surface area contributed by atoms with Gasteiger partial charge >= 0.3 is 5.97 Å². The number of aliphatic hydroxyl groups excluding tert-OH is 1. The molecule has 0 aromatic carbocycles. The summed E-state index contributed by atoms with van der Waals surface area (Å²) < 4.78 is 0. The maximum Gasteiger partial charge on any atom is 0.328 e. The average Bonchev–Trinajstić information content (AvgIpc) is 1.65. The third-order valence-electron chi connectivity index (χ3n) is 0.423. The van der Waals surface area contributed by atoms with Gasteiger partial charge in [-0.05, 0) is 6.92 Å². The first-order valence-electron chi connectivity index (χ1n) is 1.70. The maximum absolute atomic E-state index is 9.73. The maximum atomic E-state index is 9.73. The van der Waals surface area contributed by atoms with Crippen LogP contribution in [0.15, 0.2) is 0 Å². The van der Waals surface area contributed by atoms with E-state index in [9.17, 15) is 4.79 Å². The fourth-order valence-electron chi connectivity index (χ4n) is 0.0696. The van der Waals surface area contributed by atoms with E-state index in [2.05, 4.69) is 4.89 Å². The van der Waals surface area contributed by atoms with Crippen molar-refractivity contribution in [3.05, 3.63) is 0 Å². The summed E-state index contributed by atoms with van der Waals surface area (Å²) in [6.07, 6.45) is -1.31. The predicted molar refractivity (Wildman–Crippen MR) is 23.8 cm³/mol. The first kappa shape index (κ1) is 16.0. The Bertz CT molecular complexity index is 76.2. The quantitative estimate of drug-likeness (QED) is 0.286. The van der Waals surface area contributed by atoms with E-state index in [0.29, 0.717) is 0 Å². The van der Waals surface area contributed by atoms with Crippen molar-refractivity contribution < 1.29 is 41.8 Å². The Morgan fingerprint density at radius 3 is 2.11 bits per heavy atom. The second-order valence-corrected chi connectivity index (χ2v) is 1.08. The number of carbonyl (C=O) groups is 1. The fourth-order valence-corrected chi connectivity index (χ4v) is 0.0696. The zero-order chi connectivity index (χ0) is 5.86. The standard InChI is InChI=1S/C3H6O4.H3N.Ti/c1-2(4)3(5)7-6;;/h2,4,6H,1H3;1H3;. The van der Waals surface area contributed by atoms with E-state index in [1.54, 1.807) is 0 Å². The number of aliphatic hydroxyl groups is 1. The van der Waals surface area contributed by atoms with Crippen LogP contribution in [-0.4, -0.2) is 17.2 Å². The van der Waals surface area contributed by atoms with Crippen molar-refractivity contribution >= 4 is 5.97 Å². The topological polar surface area (TPSA) is 106 Å². The zero-order valence-corrected chi connectivity index (χ0v) is 6.81. The van der Waals surface area contributed by atoms with Gasteiger partial charge in [0, 0.05) is 21.7 Å². The Morgan fingerprint density at radius 2 is 2.11 bits per heavy atom. The summed E-state index contributed by atoms with van der Waals surface area (Å²) >= 11 is 0. The van der Waals surface area contributed by atoms with Gasteiger partial charge in [0.2, 0.25) is 0 Å². The molecule has 1 unspecified atom stereocenters. The molecule has 0 saturated carbocycles. The van der Waals surface area contributed by atoms with Gasteiger partial charge in [0.25, 0.3) is 0 Å². The third-order valence-corrected chi connectivity index (χ3v) is 0.423. The number of hydrogen-bond acceptors (Lipinski definition) is 4. The minimum Gasteiger partial charge on any atom is -0.662 e. The van der Waals surface area contributed by atoms with Crippen LogP contribution in [-0.2, 0) is 31.4 Å². The molecule has 0 fully saturated rings. The SMILES string of the molecule is CC(O)C(=O)O[O-].[NH4+].[Ti]. The second-order valence-electron chi connectivity index (χ2n) is 1.08. The molecular formula is C3H9NO4Ti. The fraction of sp³-hybridized carbons (Fsp3) is 0.667. The Balaban J connectivity index is -0.000000180. The second kappa shape index (κ2) is 8.06. The summed E-state index contributed by atoms with van der Waals surface area (Å²) in [5, 5.41) is 17.2. The van der Waals surface area contributed by atoms with Crippen molar-refractivity contribution in [2.75, 3.05) is 0 Å². The molecule has 0 saturated heterocycles. The molecule has 9 heavy (non-hydrogen) atoms. The molecule has 5 N–H and O–H groups in total. The van der Waals surface area contributed by atoms with Gasteiger partial charge in [-0.3, -0.25) is 0 Å². The minimum atomic E-state index is -1.31. The van der Waals surface area contributed by atoms with Crippen molar-refractivity contribution in [3.63, 3.8) is 0 Å². The summed E-state index contributed by atoms with van der Waals surface area (Å²) in [6, 6.07) is 0. The van der Waals surface area contributed by atoms with Crippen molar-refractivity contribution in [2.45, 2.75) is 13.0 Å². The van der Waals surface area contributed by atoms with Gasteiger partial charge in [0.1, 0.15) is 6.10 Å². The van der Waals surface area contributed by atoms with Crippen LogP contribution in [0.1, 0.15) is 6.92 Å². The molecule has 5 nitrogen and oxygen atoms in total. The van der Waals surface area contributed by atoms with Crippen LogP contribution in [0.3, 0.4) is 0 Å². The molecule has 0 aliphatic carbocycles. The van der Waals surface area contributed by atoms with E-state index >= 15 is 0 Å². The van der Waals surface area contributed by atoms with Gasteiger partial charge in [0.15, 0.2) is 0 Å². The first-order chi connectivity index (χ1) is 3.18. The largest absolute Gasteiger partial charge is 0.662 e. The van der Waals surface area contributed by atoms with E-state index in [1.807, 2.05) is 0 Å². The van der Waals surface area contributed by atoms with Crippen LogP contribution >= 0.6 is 0 Å². The molecule has 6 heteroatoms. The van der Waals surface area contributed by atoms with Gasteiger partial charge in [-0.1, -0.05) is 0 Å². The zero-order valence-electron chi connectivity index (χ0n) is 5.25. The molecule has 0 rings (SSSR count). The van der Waals surface area contributed by atoms with Gasteiger partial charge < -0.3 is 21.4 Å². The van der Waals surface area contributed by atoms with Crippen LogP contribution in [0.25, 0.3) is 0 Å². The molecule has 0 aromatic rings. The molecule has 54 valence electrons. The molecule has 0 aliphatic heterocycles. The van der Waals surface area contributed by atoms with E-state index in [0.717, 1.165) is 6.92 Å².